The summed E-state index contributed by atoms with van der Waals surface area (Å²) in [4.78, 5) is 13.7. The smallest absolute Gasteiger partial charge is 0.223 e. The number of hydrogen-bond donors (Lipinski definition) is 0. The summed E-state index contributed by atoms with van der Waals surface area (Å²) in [5.74, 6) is 0.744. The van der Waals surface area contributed by atoms with Gasteiger partial charge in [0.2, 0.25) is 5.91 Å². The minimum atomic E-state index is -0.277. The molecule has 110 valence electrons. The van der Waals surface area contributed by atoms with Gasteiger partial charge in [-0.3, -0.25) is 4.79 Å². The lowest BCUT2D eigenvalue weighted by molar-refractivity contribution is -0.128. The number of carbonyl (C=O) groups excluding carboxylic acids is 1. The summed E-state index contributed by atoms with van der Waals surface area (Å²) in [6, 6.07) is 4.50. The van der Waals surface area contributed by atoms with Gasteiger partial charge in [0.05, 0.1) is 13.7 Å². The summed E-state index contributed by atoms with van der Waals surface area (Å²) in [7, 11) is 3.19. The predicted molar refractivity (Wildman–Crippen MR) is 73.2 cm³/mol. The molecular formula is C15H20FNO3. The molecule has 1 fully saturated rings. The summed E-state index contributed by atoms with van der Waals surface area (Å²) in [5, 5.41) is 0. The highest BCUT2D eigenvalue weighted by Crippen LogP contribution is 2.27. The first-order valence-electron chi connectivity index (χ1n) is 6.73. The molecule has 4 nitrogen and oxygen atoms in total. The van der Waals surface area contributed by atoms with Crippen molar-refractivity contribution in [3.05, 3.63) is 29.6 Å². The SMILES string of the molecule is COCCN1CC(Cc2cc(F)ccc2OC)CC1=O. The largest absolute Gasteiger partial charge is 0.496 e. The Morgan fingerprint density at radius 3 is 2.90 bits per heavy atom. The zero-order chi connectivity index (χ0) is 14.5. The van der Waals surface area contributed by atoms with Crippen LogP contribution in [0, 0.1) is 11.7 Å². The van der Waals surface area contributed by atoms with Gasteiger partial charge in [-0.15, -0.1) is 0 Å². The Bertz CT molecular complexity index is 478. The summed E-state index contributed by atoms with van der Waals surface area (Å²) in [6.07, 6.45) is 1.15. The molecule has 2 rings (SSSR count). The van der Waals surface area contributed by atoms with E-state index in [1.807, 2.05) is 0 Å². The summed E-state index contributed by atoms with van der Waals surface area (Å²) < 4.78 is 23.6. The highest BCUT2D eigenvalue weighted by Gasteiger charge is 2.29. The number of amides is 1. The Balaban J connectivity index is 2.01. The number of methoxy groups -OCH3 is 2. The van der Waals surface area contributed by atoms with Crippen molar-refractivity contribution >= 4 is 5.91 Å². The van der Waals surface area contributed by atoms with Crippen LogP contribution in [0.3, 0.4) is 0 Å². The number of carbonyl (C=O) groups is 1. The van der Waals surface area contributed by atoms with Crippen molar-refractivity contribution in [2.24, 2.45) is 5.92 Å². The van der Waals surface area contributed by atoms with E-state index in [4.69, 9.17) is 9.47 Å². The van der Waals surface area contributed by atoms with E-state index < -0.39 is 0 Å². The fourth-order valence-electron chi connectivity index (χ4n) is 2.63. The van der Waals surface area contributed by atoms with Gasteiger partial charge in [-0.1, -0.05) is 0 Å². The van der Waals surface area contributed by atoms with E-state index in [2.05, 4.69) is 0 Å². The summed E-state index contributed by atoms with van der Waals surface area (Å²) in [5.41, 5.74) is 0.818. The molecular weight excluding hydrogens is 261 g/mol. The van der Waals surface area contributed by atoms with Crippen LogP contribution in [0.25, 0.3) is 0 Å². The second-order valence-electron chi connectivity index (χ2n) is 5.06. The first-order valence-corrected chi connectivity index (χ1v) is 6.73. The molecule has 1 atom stereocenters. The van der Waals surface area contributed by atoms with Crippen LogP contribution < -0.4 is 4.74 Å². The molecule has 1 heterocycles. The van der Waals surface area contributed by atoms with Crippen LogP contribution in [-0.4, -0.2) is 44.7 Å². The normalized spacial score (nSPS) is 18.6. The monoisotopic (exact) mass is 281 g/mol. The van der Waals surface area contributed by atoms with Crippen molar-refractivity contribution < 1.29 is 18.7 Å². The van der Waals surface area contributed by atoms with Crippen molar-refractivity contribution in [2.75, 3.05) is 33.9 Å². The van der Waals surface area contributed by atoms with E-state index in [1.165, 1.54) is 12.1 Å². The first-order chi connectivity index (χ1) is 9.63. The van der Waals surface area contributed by atoms with Crippen molar-refractivity contribution in [2.45, 2.75) is 12.8 Å². The van der Waals surface area contributed by atoms with Gasteiger partial charge in [0.25, 0.3) is 0 Å². The fourth-order valence-corrected chi connectivity index (χ4v) is 2.63. The number of ether oxygens (including phenoxy) is 2. The quantitative estimate of drug-likeness (QED) is 0.799. The van der Waals surface area contributed by atoms with Crippen molar-refractivity contribution in [1.82, 2.24) is 4.90 Å². The maximum absolute atomic E-state index is 13.3. The lowest BCUT2D eigenvalue weighted by Crippen LogP contribution is -2.28. The van der Waals surface area contributed by atoms with Gasteiger partial charge < -0.3 is 14.4 Å². The van der Waals surface area contributed by atoms with Crippen LogP contribution in [0.4, 0.5) is 4.39 Å². The van der Waals surface area contributed by atoms with Crippen LogP contribution in [0.15, 0.2) is 18.2 Å². The molecule has 1 saturated heterocycles. The highest BCUT2D eigenvalue weighted by molar-refractivity contribution is 5.78. The van der Waals surface area contributed by atoms with Gasteiger partial charge in [0.15, 0.2) is 0 Å². The highest BCUT2D eigenvalue weighted by atomic mass is 19.1. The standard InChI is InChI=1S/C15H20FNO3/c1-19-6-5-17-10-11(8-15(17)18)7-12-9-13(16)3-4-14(12)20-2/h3-4,9,11H,5-8,10H2,1-2H3. The van der Waals surface area contributed by atoms with Crippen LogP contribution in [-0.2, 0) is 16.0 Å². The third-order valence-electron chi connectivity index (χ3n) is 3.61. The first kappa shape index (κ1) is 14.8. The summed E-state index contributed by atoms with van der Waals surface area (Å²) in [6.45, 7) is 1.86. The maximum atomic E-state index is 13.3. The minimum absolute atomic E-state index is 0.141. The average molecular weight is 281 g/mol. The lowest BCUT2D eigenvalue weighted by atomic mass is 9.98. The topological polar surface area (TPSA) is 38.8 Å². The van der Waals surface area contributed by atoms with E-state index in [0.717, 1.165) is 5.56 Å². The molecule has 0 aromatic heterocycles. The Labute approximate surface area is 118 Å². The van der Waals surface area contributed by atoms with Crippen molar-refractivity contribution in [1.29, 1.82) is 0 Å². The van der Waals surface area contributed by atoms with Crippen molar-refractivity contribution in [3.8, 4) is 5.75 Å². The third-order valence-corrected chi connectivity index (χ3v) is 3.61. The van der Waals surface area contributed by atoms with Gasteiger partial charge >= 0.3 is 0 Å². The van der Waals surface area contributed by atoms with E-state index in [-0.39, 0.29) is 17.6 Å². The van der Waals surface area contributed by atoms with Gasteiger partial charge in [-0.25, -0.2) is 4.39 Å². The number of halogens is 1. The molecule has 0 aliphatic carbocycles. The second kappa shape index (κ2) is 6.70. The molecule has 0 saturated carbocycles. The lowest BCUT2D eigenvalue weighted by Gasteiger charge is -2.16. The molecule has 0 radical (unpaired) electrons. The van der Waals surface area contributed by atoms with Gasteiger partial charge in [-0.2, -0.15) is 0 Å². The molecule has 1 amide bonds. The van der Waals surface area contributed by atoms with E-state index in [1.54, 1.807) is 25.2 Å². The van der Waals surface area contributed by atoms with Crippen molar-refractivity contribution in [3.63, 3.8) is 0 Å². The zero-order valence-corrected chi connectivity index (χ0v) is 11.9. The minimum Gasteiger partial charge on any atom is -0.496 e. The Morgan fingerprint density at radius 1 is 1.40 bits per heavy atom. The predicted octanol–water partition coefficient (Wildman–Crippen LogP) is 1.87. The Hall–Kier alpha value is -1.62. The number of benzene rings is 1. The van der Waals surface area contributed by atoms with Gasteiger partial charge in [-0.05, 0) is 36.1 Å². The zero-order valence-electron chi connectivity index (χ0n) is 11.9. The van der Waals surface area contributed by atoms with Gasteiger partial charge in [0, 0.05) is 26.6 Å². The molecule has 1 aromatic carbocycles. The molecule has 0 N–H and O–H groups in total. The number of likely N-dealkylation sites (tertiary alicyclic amines) is 1. The van der Waals surface area contributed by atoms with Crippen LogP contribution >= 0.6 is 0 Å². The molecule has 1 aliphatic rings. The Kier molecular flexibility index (Phi) is 4.95. The Morgan fingerprint density at radius 2 is 2.20 bits per heavy atom. The van der Waals surface area contributed by atoms with Crippen LogP contribution in [0.5, 0.6) is 5.75 Å². The number of nitrogens with zero attached hydrogens (tertiary/aromatic N) is 1. The molecule has 0 bridgehead atoms. The number of hydrogen-bond acceptors (Lipinski definition) is 3. The molecule has 0 spiro atoms. The molecule has 5 heteroatoms. The third kappa shape index (κ3) is 3.48. The maximum Gasteiger partial charge on any atom is 0.223 e. The van der Waals surface area contributed by atoms with E-state index in [0.29, 0.717) is 38.3 Å². The molecule has 1 aliphatic heterocycles. The summed E-state index contributed by atoms with van der Waals surface area (Å²) >= 11 is 0. The van der Waals surface area contributed by atoms with Crippen LogP contribution in [0.2, 0.25) is 0 Å². The molecule has 20 heavy (non-hydrogen) atoms. The van der Waals surface area contributed by atoms with E-state index >= 15 is 0 Å². The van der Waals surface area contributed by atoms with Crippen LogP contribution in [0.1, 0.15) is 12.0 Å². The van der Waals surface area contributed by atoms with E-state index in [9.17, 15) is 9.18 Å². The molecule has 1 aromatic rings. The number of rotatable bonds is 6. The van der Waals surface area contributed by atoms with Gasteiger partial charge in [0.1, 0.15) is 11.6 Å². The fraction of sp³-hybridized carbons (Fsp3) is 0.533. The molecule has 1 unspecified atom stereocenters. The average Bonchev–Trinajstić information content (AvgIpc) is 2.77. The second-order valence-corrected chi connectivity index (χ2v) is 5.06.